The number of benzene rings is 2. The maximum Gasteiger partial charge on any atom is 0.414 e. The molecule has 2 aliphatic heterocycles. The smallest absolute Gasteiger partial charge is 0.414 e. The molecule has 0 spiro atoms. The Bertz CT molecular complexity index is 1080. The van der Waals surface area contributed by atoms with Gasteiger partial charge in [0, 0.05) is 19.5 Å². The molecule has 0 aromatic heterocycles. The summed E-state index contributed by atoms with van der Waals surface area (Å²) in [4.78, 5) is 29.3. The summed E-state index contributed by atoms with van der Waals surface area (Å²) in [5.41, 5.74) is 4.93. The van der Waals surface area contributed by atoms with Crippen molar-refractivity contribution in [1.82, 2.24) is 4.90 Å². The molecule has 2 amide bonds. The van der Waals surface area contributed by atoms with Crippen LogP contribution in [0, 0.1) is 0 Å². The number of fused-ring (bicyclic) bond motifs is 2. The second-order valence-electron chi connectivity index (χ2n) is 10.4. The van der Waals surface area contributed by atoms with E-state index >= 15 is 0 Å². The highest BCUT2D eigenvalue weighted by molar-refractivity contribution is 5.91. The minimum Gasteiger partial charge on any atom is -0.489 e. The van der Waals surface area contributed by atoms with Crippen LogP contribution in [0.3, 0.4) is 0 Å². The average Bonchev–Trinajstić information content (AvgIpc) is 3.06. The Morgan fingerprint density at radius 2 is 1.75 bits per heavy atom. The molecule has 0 fully saturated rings. The molecule has 0 saturated carbocycles. The first-order valence-electron chi connectivity index (χ1n) is 13.0. The first-order valence-corrected chi connectivity index (χ1v) is 13.0. The second-order valence-corrected chi connectivity index (χ2v) is 10.4. The minimum absolute atomic E-state index is 0.281. The van der Waals surface area contributed by atoms with Crippen molar-refractivity contribution in [3.8, 4) is 5.75 Å². The van der Waals surface area contributed by atoms with Crippen LogP contribution in [0.2, 0.25) is 0 Å². The highest BCUT2D eigenvalue weighted by Gasteiger charge is 2.32. The van der Waals surface area contributed by atoms with E-state index in [4.69, 9.17) is 14.2 Å². The first kappa shape index (κ1) is 25.9. The SMILES string of the molecule is CCCc1c2c(cc3c1OCCN3C(=O)OCCc1ccccc1)CCN(C(=O)OC(C)(C)C)CC2. The van der Waals surface area contributed by atoms with Crippen LogP contribution >= 0.6 is 0 Å². The summed E-state index contributed by atoms with van der Waals surface area (Å²) in [6, 6.07) is 12.1. The van der Waals surface area contributed by atoms with Gasteiger partial charge in [-0.05, 0) is 68.4 Å². The van der Waals surface area contributed by atoms with E-state index in [9.17, 15) is 9.59 Å². The first-order chi connectivity index (χ1) is 17.3. The van der Waals surface area contributed by atoms with Gasteiger partial charge >= 0.3 is 12.2 Å². The van der Waals surface area contributed by atoms with Gasteiger partial charge in [0.1, 0.15) is 18.0 Å². The number of anilines is 1. The number of hydrogen-bond donors (Lipinski definition) is 0. The Morgan fingerprint density at radius 1 is 1.00 bits per heavy atom. The molecule has 0 saturated heterocycles. The lowest BCUT2D eigenvalue weighted by Gasteiger charge is -2.32. The summed E-state index contributed by atoms with van der Waals surface area (Å²) in [5.74, 6) is 0.785. The van der Waals surface area contributed by atoms with Crippen molar-refractivity contribution in [1.29, 1.82) is 0 Å². The fraction of sp³-hybridized carbons (Fsp3) is 0.517. The third-order valence-corrected chi connectivity index (χ3v) is 6.54. The molecule has 7 nitrogen and oxygen atoms in total. The molecular weight excluding hydrogens is 456 g/mol. The van der Waals surface area contributed by atoms with Crippen LogP contribution in [-0.2, 0) is 35.2 Å². The largest absolute Gasteiger partial charge is 0.489 e. The number of carbonyl (C=O) groups excluding carboxylic acids is 2. The molecule has 0 radical (unpaired) electrons. The Hall–Kier alpha value is -3.22. The summed E-state index contributed by atoms with van der Waals surface area (Å²) < 4.78 is 17.4. The zero-order valence-electron chi connectivity index (χ0n) is 22.0. The van der Waals surface area contributed by atoms with Crippen molar-refractivity contribution in [2.24, 2.45) is 0 Å². The maximum absolute atomic E-state index is 13.1. The monoisotopic (exact) mass is 494 g/mol. The van der Waals surface area contributed by atoms with Crippen LogP contribution in [0.25, 0.3) is 0 Å². The summed E-state index contributed by atoms with van der Waals surface area (Å²) in [7, 11) is 0. The van der Waals surface area contributed by atoms with Gasteiger partial charge in [0.15, 0.2) is 0 Å². The van der Waals surface area contributed by atoms with Gasteiger partial charge in [-0.1, -0.05) is 43.7 Å². The summed E-state index contributed by atoms with van der Waals surface area (Å²) in [6.07, 6.45) is 3.31. The molecule has 0 bridgehead atoms. The number of hydrogen-bond acceptors (Lipinski definition) is 5. The van der Waals surface area contributed by atoms with Crippen molar-refractivity contribution >= 4 is 17.9 Å². The quantitative estimate of drug-likeness (QED) is 0.545. The number of ether oxygens (including phenoxy) is 3. The molecule has 194 valence electrons. The second kappa shape index (κ2) is 11.2. The van der Waals surface area contributed by atoms with E-state index < -0.39 is 5.60 Å². The van der Waals surface area contributed by atoms with Gasteiger partial charge in [-0.2, -0.15) is 0 Å². The van der Waals surface area contributed by atoms with Crippen LogP contribution in [0.4, 0.5) is 15.3 Å². The molecular formula is C29H38N2O5. The molecule has 0 N–H and O–H groups in total. The van der Waals surface area contributed by atoms with Crippen LogP contribution in [0.1, 0.15) is 56.4 Å². The molecule has 36 heavy (non-hydrogen) atoms. The topological polar surface area (TPSA) is 68.3 Å². The number of amides is 2. The maximum atomic E-state index is 13.1. The molecule has 0 atom stereocenters. The zero-order chi connectivity index (χ0) is 25.7. The van der Waals surface area contributed by atoms with Crippen molar-refractivity contribution < 1.29 is 23.8 Å². The van der Waals surface area contributed by atoms with Gasteiger partial charge in [-0.25, -0.2) is 9.59 Å². The van der Waals surface area contributed by atoms with Gasteiger partial charge in [0.25, 0.3) is 0 Å². The third-order valence-electron chi connectivity index (χ3n) is 6.54. The van der Waals surface area contributed by atoms with E-state index in [1.807, 2.05) is 51.1 Å². The van der Waals surface area contributed by atoms with Gasteiger partial charge < -0.3 is 19.1 Å². The summed E-state index contributed by atoms with van der Waals surface area (Å²) in [6.45, 7) is 10.2. The highest BCUT2D eigenvalue weighted by atomic mass is 16.6. The summed E-state index contributed by atoms with van der Waals surface area (Å²) in [5, 5.41) is 0. The van der Waals surface area contributed by atoms with Crippen molar-refractivity contribution in [3.05, 3.63) is 58.7 Å². The molecule has 2 aliphatic rings. The molecule has 0 aliphatic carbocycles. The summed E-state index contributed by atoms with van der Waals surface area (Å²) >= 11 is 0. The number of carbonyl (C=O) groups is 2. The highest BCUT2D eigenvalue weighted by Crippen LogP contribution is 2.41. The Morgan fingerprint density at radius 3 is 2.47 bits per heavy atom. The molecule has 0 unspecified atom stereocenters. The van der Waals surface area contributed by atoms with Crippen LogP contribution in [0.5, 0.6) is 5.75 Å². The number of rotatable bonds is 5. The van der Waals surface area contributed by atoms with Crippen LogP contribution < -0.4 is 9.64 Å². The lowest BCUT2D eigenvalue weighted by atomic mass is 9.92. The van der Waals surface area contributed by atoms with E-state index in [0.29, 0.717) is 45.7 Å². The standard InChI is InChI=1S/C29H38N2O5/c1-5-9-24-23-13-16-30(27(32)36-29(2,3)4)15-12-22(23)20-25-26(24)34-19-17-31(25)28(33)35-18-14-21-10-7-6-8-11-21/h6-8,10-11,20H,5,9,12-19H2,1-4H3. The molecule has 4 rings (SSSR count). The fourth-order valence-electron chi connectivity index (χ4n) is 4.86. The third kappa shape index (κ3) is 6.12. The predicted octanol–water partition coefficient (Wildman–Crippen LogP) is 5.55. The van der Waals surface area contributed by atoms with Gasteiger partial charge in [-0.3, -0.25) is 4.90 Å². The van der Waals surface area contributed by atoms with E-state index in [1.54, 1.807) is 9.80 Å². The van der Waals surface area contributed by atoms with Crippen LogP contribution in [0.15, 0.2) is 36.4 Å². The Balaban J connectivity index is 1.54. The predicted molar refractivity (Wildman–Crippen MR) is 140 cm³/mol. The zero-order valence-corrected chi connectivity index (χ0v) is 22.0. The van der Waals surface area contributed by atoms with E-state index in [1.165, 1.54) is 5.56 Å². The van der Waals surface area contributed by atoms with Gasteiger partial charge in [0.2, 0.25) is 0 Å². The lowest BCUT2D eigenvalue weighted by Crippen LogP contribution is -2.39. The normalized spacial score (nSPS) is 15.3. The van der Waals surface area contributed by atoms with Crippen molar-refractivity contribution in [2.45, 2.75) is 65.4 Å². The Kier molecular flexibility index (Phi) is 8.07. The molecule has 2 aromatic carbocycles. The van der Waals surface area contributed by atoms with Gasteiger partial charge in [0.05, 0.1) is 18.8 Å². The van der Waals surface area contributed by atoms with Crippen molar-refractivity contribution in [2.75, 3.05) is 37.7 Å². The lowest BCUT2D eigenvalue weighted by molar-refractivity contribution is 0.0258. The molecule has 2 aromatic rings. The van der Waals surface area contributed by atoms with Gasteiger partial charge in [-0.15, -0.1) is 0 Å². The van der Waals surface area contributed by atoms with E-state index in [2.05, 4.69) is 13.0 Å². The van der Waals surface area contributed by atoms with E-state index in [0.717, 1.165) is 47.4 Å². The Labute approximate surface area is 214 Å². The molecule has 2 heterocycles. The number of nitrogens with zero attached hydrogens (tertiary/aromatic N) is 2. The van der Waals surface area contributed by atoms with Crippen molar-refractivity contribution in [3.63, 3.8) is 0 Å². The fourth-order valence-corrected chi connectivity index (χ4v) is 4.86. The van der Waals surface area contributed by atoms with E-state index in [-0.39, 0.29) is 12.2 Å². The van der Waals surface area contributed by atoms with Crippen LogP contribution in [-0.4, -0.2) is 55.5 Å². The molecule has 7 heteroatoms. The minimum atomic E-state index is -0.530. The average molecular weight is 495 g/mol.